The maximum absolute atomic E-state index is 9.21. The van der Waals surface area contributed by atoms with Gasteiger partial charge in [-0.2, -0.15) is 5.26 Å². The molecule has 0 unspecified atom stereocenters. The summed E-state index contributed by atoms with van der Waals surface area (Å²) in [5.74, 6) is 1.93. The van der Waals surface area contributed by atoms with Gasteiger partial charge in [0.2, 0.25) is 0 Å². The Bertz CT molecular complexity index is 704. The van der Waals surface area contributed by atoms with Crippen molar-refractivity contribution in [2.45, 2.75) is 12.8 Å². The molecule has 4 heteroatoms. The average Bonchev–Trinajstić information content (AvgIpc) is 2.55. The minimum atomic E-state index is 0.490. The van der Waals surface area contributed by atoms with Crippen LogP contribution in [0.4, 0.5) is 5.69 Å². The number of ether oxygens (including phenoxy) is 2. The number of para-hydroxylation sites is 1. The van der Waals surface area contributed by atoms with E-state index in [4.69, 9.17) is 9.47 Å². The summed E-state index contributed by atoms with van der Waals surface area (Å²) >= 11 is 0. The molecule has 0 saturated heterocycles. The Morgan fingerprint density at radius 1 is 1.19 bits per heavy atom. The van der Waals surface area contributed by atoms with Gasteiger partial charge in [0.1, 0.15) is 17.6 Å². The van der Waals surface area contributed by atoms with Crippen LogP contribution < -0.4 is 14.8 Å². The third-order valence-electron chi connectivity index (χ3n) is 3.57. The molecule has 0 atom stereocenters. The van der Waals surface area contributed by atoms with Gasteiger partial charge in [-0.15, -0.1) is 0 Å². The largest absolute Gasteiger partial charge is 0.497 e. The van der Waals surface area contributed by atoms with Crippen molar-refractivity contribution in [3.8, 4) is 23.3 Å². The van der Waals surface area contributed by atoms with Gasteiger partial charge < -0.3 is 14.8 Å². The molecular weight excluding hydrogens is 264 g/mol. The van der Waals surface area contributed by atoms with Crippen molar-refractivity contribution >= 4 is 5.69 Å². The Labute approximate surface area is 123 Å². The van der Waals surface area contributed by atoms with Crippen molar-refractivity contribution in [3.63, 3.8) is 0 Å². The minimum Gasteiger partial charge on any atom is -0.497 e. The molecular formula is C17H16N2O2. The number of hydrogen-bond acceptors (Lipinski definition) is 4. The second-order valence-corrected chi connectivity index (χ2v) is 4.90. The Kier molecular flexibility index (Phi) is 3.65. The third kappa shape index (κ3) is 2.63. The number of nitrogens with zero attached hydrogens (tertiary/aromatic N) is 1. The van der Waals surface area contributed by atoms with Gasteiger partial charge in [-0.25, -0.2) is 0 Å². The van der Waals surface area contributed by atoms with E-state index >= 15 is 0 Å². The fraction of sp³-hybridized carbons (Fsp3) is 0.235. The van der Waals surface area contributed by atoms with Crippen LogP contribution in [-0.4, -0.2) is 13.7 Å². The van der Waals surface area contributed by atoms with Gasteiger partial charge in [-0.3, -0.25) is 0 Å². The number of fused-ring (bicyclic) bond motifs is 1. The smallest absolute Gasteiger partial charge is 0.150 e. The first-order valence-corrected chi connectivity index (χ1v) is 6.93. The molecule has 0 amide bonds. The normalized spacial score (nSPS) is 12.8. The van der Waals surface area contributed by atoms with Gasteiger partial charge >= 0.3 is 0 Å². The Morgan fingerprint density at radius 2 is 2.10 bits per heavy atom. The Balaban J connectivity index is 1.99. The summed E-state index contributed by atoms with van der Waals surface area (Å²) in [4.78, 5) is 0. The van der Waals surface area contributed by atoms with Crippen LogP contribution in [0, 0.1) is 11.3 Å². The molecule has 0 fully saturated rings. The van der Waals surface area contributed by atoms with Gasteiger partial charge in [0.15, 0.2) is 5.75 Å². The predicted molar refractivity (Wildman–Crippen MR) is 81.0 cm³/mol. The molecule has 21 heavy (non-hydrogen) atoms. The fourth-order valence-corrected chi connectivity index (χ4v) is 2.49. The van der Waals surface area contributed by atoms with Crippen molar-refractivity contribution in [1.82, 2.24) is 0 Å². The monoisotopic (exact) mass is 280 g/mol. The van der Waals surface area contributed by atoms with Crippen molar-refractivity contribution in [1.29, 1.82) is 5.26 Å². The topological polar surface area (TPSA) is 54.3 Å². The number of benzene rings is 2. The highest BCUT2D eigenvalue weighted by Crippen LogP contribution is 2.37. The minimum absolute atomic E-state index is 0.490. The van der Waals surface area contributed by atoms with Crippen LogP contribution in [0.15, 0.2) is 36.4 Å². The highest BCUT2D eigenvalue weighted by atomic mass is 16.5. The van der Waals surface area contributed by atoms with E-state index < -0.39 is 0 Å². The molecule has 4 nitrogen and oxygen atoms in total. The second-order valence-electron chi connectivity index (χ2n) is 4.90. The molecule has 1 aliphatic rings. The molecule has 0 spiro atoms. The molecule has 1 heterocycles. The zero-order valence-corrected chi connectivity index (χ0v) is 11.8. The molecule has 1 N–H and O–H groups in total. The number of hydrogen-bond donors (Lipinski definition) is 1. The van der Waals surface area contributed by atoms with Crippen LogP contribution in [-0.2, 0) is 6.42 Å². The maximum Gasteiger partial charge on any atom is 0.150 e. The van der Waals surface area contributed by atoms with Crippen molar-refractivity contribution in [2.24, 2.45) is 0 Å². The number of anilines is 1. The SMILES string of the molecule is COc1ccc(C#N)c(Oc2cccc3c2NCCC3)c1. The highest BCUT2D eigenvalue weighted by molar-refractivity contribution is 5.65. The summed E-state index contributed by atoms with van der Waals surface area (Å²) in [7, 11) is 1.59. The van der Waals surface area contributed by atoms with Gasteiger partial charge in [0.25, 0.3) is 0 Å². The summed E-state index contributed by atoms with van der Waals surface area (Å²) in [5, 5.41) is 12.6. The second kappa shape index (κ2) is 5.76. The highest BCUT2D eigenvalue weighted by Gasteiger charge is 2.15. The zero-order chi connectivity index (χ0) is 14.7. The summed E-state index contributed by atoms with van der Waals surface area (Å²) < 4.78 is 11.2. The number of nitriles is 1. The molecule has 1 aliphatic heterocycles. The lowest BCUT2D eigenvalue weighted by molar-refractivity contribution is 0.409. The number of rotatable bonds is 3. The lowest BCUT2D eigenvalue weighted by Gasteiger charge is -2.21. The zero-order valence-electron chi connectivity index (χ0n) is 11.8. The van der Waals surface area contributed by atoms with Gasteiger partial charge in [0, 0.05) is 12.6 Å². The third-order valence-corrected chi connectivity index (χ3v) is 3.57. The van der Waals surface area contributed by atoms with Crippen LogP contribution in [0.25, 0.3) is 0 Å². The Hall–Kier alpha value is -2.67. The van der Waals surface area contributed by atoms with E-state index in [0.717, 1.165) is 30.8 Å². The summed E-state index contributed by atoms with van der Waals surface area (Å²) in [6.45, 7) is 0.941. The average molecular weight is 280 g/mol. The number of aryl methyl sites for hydroxylation is 1. The van der Waals surface area contributed by atoms with Crippen LogP contribution in [0.5, 0.6) is 17.2 Å². The molecule has 0 saturated carbocycles. The molecule has 0 aliphatic carbocycles. The van der Waals surface area contributed by atoms with Crippen molar-refractivity contribution in [2.75, 3.05) is 19.0 Å². The first kappa shape index (κ1) is 13.3. The van der Waals surface area contributed by atoms with Crippen LogP contribution >= 0.6 is 0 Å². The first-order chi connectivity index (χ1) is 10.3. The van der Waals surface area contributed by atoms with E-state index in [1.807, 2.05) is 12.1 Å². The van der Waals surface area contributed by atoms with Crippen molar-refractivity contribution < 1.29 is 9.47 Å². The van der Waals surface area contributed by atoms with Crippen molar-refractivity contribution in [3.05, 3.63) is 47.5 Å². The summed E-state index contributed by atoms with van der Waals surface area (Å²) in [6.07, 6.45) is 2.17. The lowest BCUT2D eigenvalue weighted by Crippen LogP contribution is -2.12. The summed E-state index contributed by atoms with van der Waals surface area (Å²) in [5.41, 5.74) is 2.76. The predicted octanol–water partition coefficient (Wildman–Crippen LogP) is 3.72. The molecule has 2 aromatic carbocycles. The number of nitrogens with one attached hydrogen (secondary N) is 1. The van der Waals surface area contributed by atoms with Gasteiger partial charge in [-0.1, -0.05) is 12.1 Å². The van der Waals surface area contributed by atoms with E-state index in [2.05, 4.69) is 17.5 Å². The van der Waals surface area contributed by atoms with Gasteiger partial charge in [0.05, 0.1) is 18.4 Å². The lowest BCUT2D eigenvalue weighted by atomic mass is 10.0. The number of methoxy groups -OCH3 is 1. The fourth-order valence-electron chi connectivity index (χ4n) is 2.49. The summed E-state index contributed by atoms with van der Waals surface area (Å²) in [6, 6.07) is 13.3. The van der Waals surface area contributed by atoms with Crippen LogP contribution in [0.2, 0.25) is 0 Å². The molecule has 106 valence electrons. The molecule has 2 aromatic rings. The molecule has 0 bridgehead atoms. The Morgan fingerprint density at radius 3 is 2.90 bits per heavy atom. The van der Waals surface area contributed by atoms with E-state index in [1.165, 1.54) is 5.56 Å². The van der Waals surface area contributed by atoms with E-state index in [1.54, 1.807) is 25.3 Å². The molecule has 3 rings (SSSR count). The standard InChI is InChI=1S/C17H16N2O2/c1-20-14-8-7-13(11-18)16(10-14)21-15-6-2-4-12-5-3-9-19-17(12)15/h2,4,6-8,10,19H,3,5,9H2,1H3. The van der Waals surface area contributed by atoms with E-state index in [-0.39, 0.29) is 0 Å². The molecule has 0 aromatic heterocycles. The van der Waals surface area contributed by atoms with Crippen LogP contribution in [0.1, 0.15) is 17.5 Å². The maximum atomic E-state index is 9.21. The van der Waals surface area contributed by atoms with E-state index in [0.29, 0.717) is 17.1 Å². The quantitative estimate of drug-likeness (QED) is 0.931. The van der Waals surface area contributed by atoms with Gasteiger partial charge in [-0.05, 0) is 36.6 Å². The molecule has 0 radical (unpaired) electrons. The van der Waals surface area contributed by atoms with Crippen LogP contribution in [0.3, 0.4) is 0 Å². The first-order valence-electron chi connectivity index (χ1n) is 6.93. The van der Waals surface area contributed by atoms with E-state index in [9.17, 15) is 5.26 Å².